The molecule has 0 aliphatic rings. The Morgan fingerprint density at radius 3 is 2.14 bits per heavy atom. The summed E-state index contributed by atoms with van der Waals surface area (Å²) in [7, 11) is 0. The second-order valence-electron chi connectivity index (χ2n) is 8.92. The first-order chi connectivity index (χ1) is 20.2. The molecule has 0 unspecified atom stereocenters. The maximum Gasteiger partial charge on any atom is 0.426 e. The second-order valence-corrected chi connectivity index (χ2v) is 8.92. The molecular formula is C29H27F5N2O7. The highest BCUT2D eigenvalue weighted by Gasteiger charge is 2.34. The minimum Gasteiger partial charge on any atom is -0.491 e. The molecule has 3 rings (SSSR count). The van der Waals surface area contributed by atoms with Crippen molar-refractivity contribution in [3.8, 4) is 11.5 Å². The fourth-order valence-electron chi connectivity index (χ4n) is 3.66. The standard InChI is InChI=1S/C29H27F5N2O7/c30-28(31,32)17-40-13-14-41-21-8-4-19(5-9-21)29(33,34)43-22-6-1-18(2-7-22)3-10-26(37)42-12-11-23-24(27(38)39)15-20(35)16-25(23)36/h1-10,15-16H,11-14,17,35-36H2,(H,38,39). The lowest BCUT2D eigenvalue weighted by Gasteiger charge is -2.18. The number of halogens is 5. The molecule has 0 amide bonds. The van der Waals surface area contributed by atoms with Crippen molar-refractivity contribution < 1.29 is 55.6 Å². The molecule has 3 aromatic rings. The van der Waals surface area contributed by atoms with Gasteiger partial charge in [0.1, 0.15) is 24.7 Å². The summed E-state index contributed by atoms with van der Waals surface area (Å²) < 4.78 is 84.9. The number of nitrogen functional groups attached to an aromatic ring is 2. The Labute approximate surface area is 242 Å². The van der Waals surface area contributed by atoms with Crippen LogP contribution >= 0.6 is 0 Å². The summed E-state index contributed by atoms with van der Waals surface area (Å²) in [5.74, 6) is -1.95. The van der Waals surface area contributed by atoms with E-state index in [1.165, 1.54) is 54.6 Å². The summed E-state index contributed by atoms with van der Waals surface area (Å²) >= 11 is 0. The van der Waals surface area contributed by atoms with E-state index >= 15 is 0 Å². The maximum atomic E-state index is 14.6. The fourth-order valence-corrected chi connectivity index (χ4v) is 3.66. The van der Waals surface area contributed by atoms with Gasteiger partial charge in [-0.25, -0.2) is 9.59 Å². The number of anilines is 2. The zero-order valence-electron chi connectivity index (χ0n) is 22.4. The molecule has 43 heavy (non-hydrogen) atoms. The minimum absolute atomic E-state index is 0.0453. The average Bonchev–Trinajstić information content (AvgIpc) is 2.93. The van der Waals surface area contributed by atoms with Crippen LogP contribution in [0.2, 0.25) is 0 Å². The lowest BCUT2D eigenvalue weighted by molar-refractivity contribution is -0.185. The number of carbonyl (C=O) groups is 2. The largest absolute Gasteiger partial charge is 0.491 e. The average molecular weight is 611 g/mol. The molecule has 0 radical (unpaired) electrons. The Bertz CT molecular complexity index is 1430. The first-order valence-corrected chi connectivity index (χ1v) is 12.5. The third-order valence-electron chi connectivity index (χ3n) is 5.62. The number of nitrogens with two attached hydrogens (primary N) is 2. The highest BCUT2D eigenvalue weighted by molar-refractivity contribution is 5.92. The van der Waals surface area contributed by atoms with E-state index in [1.54, 1.807) is 0 Å². The van der Waals surface area contributed by atoms with Crippen LogP contribution in [0.4, 0.5) is 33.3 Å². The van der Waals surface area contributed by atoms with Gasteiger partial charge in [-0.15, -0.1) is 0 Å². The molecule has 0 saturated heterocycles. The lowest BCUT2D eigenvalue weighted by Crippen LogP contribution is -2.21. The summed E-state index contributed by atoms with van der Waals surface area (Å²) in [6.07, 6.45) is -5.63. The van der Waals surface area contributed by atoms with Gasteiger partial charge in [0.05, 0.1) is 24.3 Å². The Balaban J connectivity index is 1.47. The first kappa shape index (κ1) is 32.7. The number of carboxylic acid groups (broad SMARTS) is 1. The van der Waals surface area contributed by atoms with Crippen LogP contribution in [0.1, 0.15) is 27.0 Å². The molecule has 0 saturated carbocycles. The predicted molar refractivity (Wildman–Crippen MR) is 146 cm³/mol. The molecule has 0 atom stereocenters. The predicted octanol–water partition coefficient (Wildman–Crippen LogP) is 5.43. The van der Waals surface area contributed by atoms with Crippen LogP contribution in [-0.4, -0.2) is 49.6 Å². The molecule has 5 N–H and O–H groups in total. The number of ether oxygens (including phenoxy) is 4. The summed E-state index contributed by atoms with van der Waals surface area (Å²) in [5, 5.41) is 9.33. The summed E-state index contributed by atoms with van der Waals surface area (Å²) in [4.78, 5) is 23.5. The van der Waals surface area contributed by atoms with E-state index in [2.05, 4.69) is 4.74 Å². The fraction of sp³-hybridized carbons (Fsp3) is 0.241. The normalized spacial score (nSPS) is 11.8. The molecule has 0 aliphatic heterocycles. The molecule has 0 aliphatic carbocycles. The van der Waals surface area contributed by atoms with E-state index in [0.29, 0.717) is 5.56 Å². The number of hydrogen-bond donors (Lipinski definition) is 3. The SMILES string of the molecule is Nc1cc(N)c(CCOC(=O)C=Cc2ccc(OC(F)(F)c3ccc(OCCOCC(F)(F)F)cc3)cc2)c(C(=O)O)c1. The smallest absolute Gasteiger partial charge is 0.426 e. The van der Waals surface area contributed by atoms with Gasteiger partial charge in [0.25, 0.3) is 0 Å². The second kappa shape index (κ2) is 14.4. The monoisotopic (exact) mass is 610 g/mol. The van der Waals surface area contributed by atoms with Crippen molar-refractivity contribution in [3.05, 3.63) is 89.0 Å². The Kier molecular flexibility index (Phi) is 10.9. The molecule has 230 valence electrons. The van der Waals surface area contributed by atoms with Crippen LogP contribution in [0.15, 0.2) is 66.7 Å². The van der Waals surface area contributed by atoms with Crippen LogP contribution in [0, 0.1) is 0 Å². The molecule has 9 nitrogen and oxygen atoms in total. The van der Waals surface area contributed by atoms with Gasteiger partial charge in [-0.3, -0.25) is 0 Å². The third-order valence-corrected chi connectivity index (χ3v) is 5.62. The number of benzene rings is 3. The van der Waals surface area contributed by atoms with Crippen molar-refractivity contribution in [2.24, 2.45) is 0 Å². The van der Waals surface area contributed by atoms with Crippen LogP contribution in [0.3, 0.4) is 0 Å². The maximum absolute atomic E-state index is 14.6. The molecular weight excluding hydrogens is 583 g/mol. The summed E-state index contributed by atoms with van der Waals surface area (Å²) in [6, 6.07) is 12.6. The van der Waals surface area contributed by atoms with Gasteiger partial charge in [-0.1, -0.05) is 12.1 Å². The first-order valence-electron chi connectivity index (χ1n) is 12.5. The zero-order chi connectivity index (χ0) is 31.6. The number of carbonyl (C=O) groups excluding carboxylic acids is 1. The number of carboxylic acids is 1. The Hall–Kier alpha value is -4.85. The molecule has 0 fully saturated rings. The molecule has 0 aromatic heterocycles. The number of esters is 1. The zero-order valence-corrected chi connectivity index (χ0v) is 22.4. The van der Waals surface area contributed by atoms with Gasteiger partial charge in [0, 0.05) is 23.9 Å². The van der Waals surface area contributed by atoms with Crippen molar-refractivity contribution in [1.29, 1.82) is 0 Å². The topological polar surface area (TPSA) is 143 Å². The van der Waals surface area contributed by atoms with Gasteiger partial charge in [-0.2, -0.15) is 22.0 Å². The van der Waals surface area contributed by atoms with Crippen molar-refractivity contribution in [1.82, 2.24) is 0 Å². The van der Waals surface area contributed by atoms with Gasteiger partial charge in [0.15, 0.2) is 0 Å². The van der Waals surface area contributed by atoms with Gasteiger partial charge in [-0.05, 0) is 65.7 Å². The van der Waals surface area contributed by atoms with E-state index in [4.69, 9.17) is 25.7 Å². The number of hydrogen-bond acceptors (Lipinski definition) is 8. The van der Waals surface area contributed by atoms with Crippen LogP contribution < -0.4 is 20.9 Å². The quantitative estimate of drug-likeness (QED) is 0.0715. The van der Waals surface area contributed by atoms with E-state index < -0.39 is 36.4 Å². The van der Waals surface area contributed by atoms with Crippen LogP contribution in [0.25, 0.3) is 6.08 Å². The van der Waals surface area contributed by atoms with E-state index in [0.717, 1.165) is 18.2 Å². The summed E-state index contributed by atoms with van der Waals surface area (Å²) in [6.45, 7) is -2.10. The molecule has 0 bridgehead atoms. The number of rotatable bonds is 14. The van der Waals surface area contributed by atoms with Gasteiger partial charge >= 0.3 is 24.2 Å². The van der Waals surface area contributed by atoms with Gasteiger partial charge in [0.2, 0.25) is 0 Å². The van der Waals surface area contributed by atoms with Crippen LogP contribution in [0.5, 0.6) is 11.5 Å². The van der Waals surface area contributed by atoms with E-state index in [-0.39, 0.29) is 60.2 Å². The van der Waals surface area contributed by atoms with Crippen molar-refractivity contribution in [2.45, 2.75) is 18.7 Å². The summed E-state index contributed by atoms with van der Waals surface area (Å²) in [5.41, 5.74) is 12.0. The van der Waals surface area contributed by atoms with Crippen LogP contribution in [-0.2, 0) is 26.8 Å². The number of alkyl halides is 5. The molecule has 14 heteroatoms. The number of aromatic carboxylic acids is 1. The van der Waals surface area contributed by atoms with Crippen molar-refractivity contribution >= 4 is 29.4 Å². The highest BCUT2D eigenvalue weighted by Crippen LogP contribution is 2.32. The van der Waals surface area contributed by atoms with E-state index in [1.807, 2.05) is 0 Å². The van der Waals surface area contributed by atoms with Gasteiger partial charge < -0.3 is 35.5 Å². The van der Waals surface area contributed by atoms with E-state index in [9.17, 15) is 36.6 Å². The van der Waals surface area contributed by atoms with Crippen molar-refractivity contribution in [2.75, 3.05) is 37.9 Å². The molecule has 0 spiro atoms. The lowest BCUT2D eigenvalue weighted by atomic mass is 10.0. The van der Waals surface area contributed by atoms with Crippen molar-refractivity contribution in [3.63, 3.8) is 0 Å². The molecule has 3 aromatic carbocycles. The highest BCUT2D eigenvalue weighted by atomic mass is 19.4. The third kappa shape index (κ3) is 10.5. The Morgan fingerprint density at radius 2 is 1.51 bits per heavy atom. The minimum atomic E-state index is -4.45. The Morgan fingerprint density at radius 1 is 0.860 bits per heavy atom. The molecule has 0 heterocycles.